The molecule has 2 aromatic rings. The Morgan fingerprint density at radius 2 is 1.05 bits per heavy atom. The van der Waals surface area contributed by atoms with E-state index in [1.807, 2.05) is 0 Å². The van der Waals surface area contributed by atoms with Gasteiger partial charge in [0.1, 0.15) is 5.60 Å². The average molecular weight is 537 g/mol. The number of halogens is 6. The molecule has 5 nitrogen and oxygen atoms in total. The van der Waals surface area contributed by atoms with Crippen LogP contribution >= 0.6 is 0 Å². The first-order chi connectivity index (χ1) is 16.7. The molecule has 0 amide bonds. The second kappa shape index (κ2) is 9.98. The van der Waals surface area contributed by atoms with E-state index in [1.165, 1.54) is 20.8 Å². The zero-order valence-corrected chi connectivity index (χ0v) is 21.8. The normalized spacial score (nSPS) is 13.2. The molecule has 11 heteroatoms. The number of hydrogen-bond acceptors (Lipinski definition) is 5. The lowest BCUT2D eigenvalue weighted by atomic mass is 9.72. The first kappa shape index (κ1) is 30.1. The van der Waals surface area contributed by atoms with Crippen LogP contribution in [0.5, 0.6) is 23.0 Å². The lowest BCUT2D eigenvalue weighted by Crippen LogP contribution is -2.54. The van der Waals surface area contributed by atoms with Crippen LogP contribution in [-0.4, -0.2) is 38.1 Å². The molecule has 37 heavy (non-hydrogen) atoms. The molecule has 0 aliphatic heterocycles. The summed E-state index contributed by atoms with van der Waals surface area (Å²) in [5.41, 5.74) is -8.60. The topological polar surface area (TPSA) is 54.0 Å². The number of hydrogen-bond donors (Lipinski definition) is 0. The summed E-state index contributed by atoms with van der Waals surface area (Å²) in [4.78, 5) is 12.3. The molecule has 0 saturated carbocycles. The molecule has 0 N–H and O–H groups in total. The summed E-state index contributed by atoms with van der Waals surface area (Å²) >= 11 is 0. The number of carbonyl (C=O) groups is 1. The third-order valence-corrected chi connectivity index (χ3v) is 5.27. The van der Waals surface area contributed by atoms with Gasteiger partial charge in [-0.25, -0.2) is 0 Å². The molecular formula is C26H30F6O5. The zero-order chi connectivity index (χ0) is 28.6. The number of esters is 1. The summed E-state index contributed by atoms with van der Waals surface area (Å²) in [7, 11) is 2.15. The molecule has 0 saturated heterocycles. The van der Waals surface area contributed by atoms with Crippen LogP contribution in [0.1, 0.15) is 52.7 Å². The van der Waals surface area contributed by atoms with E-state index in [9.17, 15) is 31.1 Å². The molecule has 0 unspecified atom stereocenters. The van der Waals surface area contributed by atoms with Crippen LogP contribution < -0.4 is 18.9 Å². The molecule has 0 heterocycles. The molecule has 0 aromatic heterocycles. The molecule has 0 spiro atoms. The summed E-state index contributed by atoms with van der Waals surface area (Å²) < 4.78 is 109. The highest BCUT2D eigenvalue weighted by Gasteiger charge is 2.72. The van der Waals surface area contributed by atoms with Crippen molar-refractivity contribution in [2.24, 2.45) is 5.41 Å². The van der Waals surface area contributed by atoms with Crippen molar-refractivity contribution in [3.63, 3.8) is 0 Å². The van der Waals surface area contributed by atoms with Crippen molar-refractivity contribution in [2.75, 3.05) is 14.2 Å². The standard InChI is InChI=1S/C26H30F6O5/c1-22(2,3)21(33)36-17-11-9-15(13-19(17)34-7)24(25(27,28)29,26(30,31)32)16-10-12-18(20(14-16)35-8)37-23(4,5)6/h9-14H,1-8H3. The molecule has 206 valence electrons. The van der Waals surface area contributed by atoms with Gasteiger partial charge in [0.05, 0.1) is 19.6 Å². The maximum atomic E-state index is 14.6. The second-order valence-electron chi connectivity index (χ2n) is 10.3. The SMILES string of the molecule is COc1cc(C(c2ccc(OC(C)(C)C)c(OC)c2)(C(F)(F)F)C(F)(F)F)ccc1OC(=O)C(C)(C)C. The first-order valence-electron chi connectivity index (χ1n) is 11.1. The number of methoxy groups -OCH3 is 2. The van der Waals surface area contributed by atoms with E-state index in [-0.39, 0.29) is 17.2 Å². The average Bonchev–Trinajstić information content (AvgIpc) is 2.72. The predicted octanol–water partition coefficient (Wildman–Crippen LogP) is 7.24. The number of rotatable bonds is 6. The molecule has 0 fully saturated rings. The van der Waals surface area contributed by atoms with Gasteiger partial charge in [-0.2, -0.15) is 26.3 Å². The maximum Gasteiger partial charge on any atom is 0.411 e. The van der Waals surface area contributed by atoms with E-state index < -0.39 is 51.6 Å². The lowest BCUT2D eigenvalue weighted by molar-refractivity contribution is -0.288. The third kappa shape index (κ3) is 6.07. The van der Waals surface area contributed by atoms with Crippen LogP contribution in [0.25, 0.3) is 0 Å². The van der Waals surface area contributed by atoms with Gasteiger partial charge in [0.25, 0.3) is 0 Å². The van der Waals surface area contributed by atoms with Gasteiger partial charge >= 0.3 is 18.3 Å². The maximum absolute atomic E-state index is 14.6. The molecule has 0 bridgehead atoms. The van der Waals surface area contributed by atoms with Crippen LogP contribution in [-0.2, 0) is 10.2 Å². The van der Waals surface area contributed by atoms with E-state index >= 15 is 0 Å². The minimum Gasteiger partial charge on any atom is -0.493 e. The fourth-order valence-corrected chi connectivity index (χ4v) is 3.54. The van der Waals surface area contributed by atoms with Crippen molar-refractivity contribution >= 4 is 5.97 Å². The lowest BCUT2D eigenvalue weighted by Gasteiger charge is -2.38. The highest BCUT2D eigenvalue weighted by atomic mass is 19.4. The quantitative estimate of drug-likeness (QED) is 0.221. The third-order valence-electron chi connectivity index (χ3n) is 5.27. The molecular weight excluding hydrogens is 506 g/mol. The van der Waals surface area contributed by atoms with Crippen LogP contribution in [0.3, 0.4) is 0 Å². The van der Waals surface area contributed by atoms with Crippen LogP contribution in [0.2, 0.25) is 0 Å². The Hall–Kier alpha value is -3.11. The van der Waals surface area contributed by atoms with Gasteiger partial charge in [-0.15, -0.1) is 0 Å². The van der Waals surface area contributed by atoms with Gasteiger partial charge < -0.3 is 18.9 Å². The fourth-order valence-electron chi connectivity index (χ4n) is 3.54. The monoisotopic (exact) mass is 536 g/mol. The van der Waals surface area contributed by atoms with Crippen molar-refractivity contribution in [3.05, 3.63) is 47.5 Å². The van der Waals surface area contributed by atoms with Crippen molar-refractivity contribution in [3.8, 4) is 23.0 Å². The summed E-state index contributed by atoms with van der Waals surface area (Å²) in [6, 6.07) is 4.38. The second-order valence-corrected chi connectivity index (χ2v) is 10.3. The smallest absolute Gasteiger partial charge is 0.411 e. The van der Waals surface area contributed by atoms with Crippen molar-refractivity contribution in [1.29, 1.82) is 0 Å². The Labute approximate surface area is 211 Å². The Morgan fingerprint density at radius 1 is 0.649 bits per heavy atom. The molecule has 0 atom stereocenters. The Kier molecular flexibility index (Phi) is 8.12. The van der Waals surface area contributed by atoms with Crippen LogP contribution in [0.4, 0.5) is 26.3 Å². The number of carbonyl (C=O) groups excluding carboxylic acids is 1. The van der Waals surface area contributed by atoms with Gasteiger partial charge in [-0.1, -0.05) is 12.1 Å². The van der Waals surface area contributed by atoms with E-state index in [2.05, 4.69) is 0 Å². The van der Waals surface area contributed by atoms with Gasteiger partial charge in [-0.05, 0) is 76.9 Å². The summed E-state index contributed by atoms with van der Waals surface area (Å²) in [6.45, 7) is 9.60. The number of benzene rings is 2. The summed E-state index contributed by atoms with van der Waals surface area (Å²) in [5.74, 6) is -1.90. The molecule has 0 aliphatic rings. The van der Waals surface area contributed by atoms with Gasteiger partial charge in [0.2, 0.25) is 5.41 Å². The predicted molar refractivity (Wildman–Crippen MR) is 124 cm³/mol. The van der Waals surface area contributed by atoms with Crippen molar-refractivity contribution in [1.82, 2.24) is 0 Å². The molecule has 2 aromatic carbocycles. The van der Waals surface area contributed by atoms with E-state index in [1.54, 1.807) is 20.8 Å². The molecule has 0 radical (unpaired) electrons. The minimum atomic E-state index is -5.85. The summed E-state index contributed by atoms with van der Waals surface area (Å²) in [5, 5.41) is 0. The van der Waals surface area contributed by atoms with Crippen molar-refractivity contribution < 1.29 is 50.1 Å². The molecule has 2 rings (SSSR count). The number of ether oxygens (including phenoxy) is 4. The Bertz CT molecular complexity index is 1110. The van der Waals surface area contributed by atoms with Crippen LogP contribution in [0.15, 0.2) is 36.4 Å². The van der Waals surface area contributed by atoms with Gasteiger partial charge in [-0.3, -0.25) is 4.79 Å². The fraction of sp³-hybridized carbons (Fsp3) is 0.500. The van der Waals surface area contributed by atoms with Gasteiger partial charge in [0.15, 0.2) is 23.0 Å². The zero-order valence-electron chi connectivity index (χ0n) is 21.8. The van der Waals surface area contributed by atoms with Crippen LogP contribution in [0, 0.1) is 5.41 Å². The van der Waals surface area contributed by atoms with E-state index in [4.69, 9.17) is 18.9 Å². The van der Waals surface area contributed by atoms with E-state index in [0.29, 0.717) is 24.3 Å². The number of alkyl halides is 6. The Balaban J connectivity index is 2.85. The van der Waals surface area contributed by atoms with E-state index in [0.717, 1.165) is 26.4 Å². The minimum absolute atomic E-state index is 0.0287. The summed E-state index contributed by atoms with van der Waals surface area (Å²) in [6.07, 6.45) is -11.7. The van der Waals surface area contributed by atoms with Crippen molar-refractivity contribution in [2.45, 2.75) is 64.9 Å². The highest BCUT2D eigenvalue weighted by molar-refractivity contribution is 5.78. The highest BCUT2D eigenvalue weighted by Crippen LogP contribution is 2.58. The first-order valence-corrected chi connectivity index (χ1v) is 11.1. The molecule has 0 aliphatic carbocycles. The Morgan fingerprint density at radius 3 is 1.41 bits per heavy atom. The van der Waals surface area contributed by atoms with Gasteiger partial charge in [0, 0.05) is 0 Å². The largest absolute Gasteiger partial charge is 0.493 e.